The van der Waals surface area contributed by atoms with Crippen LogP contribution in [0.25, 0.3) is 11.0 Å². The minimum Gasteiger partial charge on any atom is -0.394 e. The van der Waals surface area contributed by atoms with Crippen molar-refractivity contribution in [2.75, 3.05) is 18.9 Å². The first-order chi connectivity index (χ1) is 13.7. The van der Waals surface area contributed by atoms with E-state index in [2.05, 4.69) is 22.5 Å². The second kappa shape index (κ2) is 8.28. The van der Waals surface area contributed by atoms with Crippen molar-refractivity contribution in [1.29, 1.82) is 0 Å². The van der Waals surface area contributed by atoms with E-state index in [4.69, 9.17) is 15.2 Å². The van der Waals surface area contributed by atoms with Gasteiger partial charge in [0.2, 0.25) is 5.95 Å². The first-order valence-corrected chi connectivity index (χ1v) is 8.68. The second-order valence-corrected chi connectivity index (χ2v) is 6.40. The van der Waals surface area contributed by atoms with Crippen molar-refractivity contribution in [3.8, 4) is 11.8 Å². The smallest absolute Gasteiger partial charge is 0.394 e. The van der Waals surface area contributed by atoms with Crippen LogP contribution in [0.15, 0.2) is 23.6 Å². The van der Waals surface area contributed by atoms with Gasteiger partial charge in [-0.25, -0.2) is 0 Å². The SMILES string of the molecule is C=CCOC1CC(n2cc(C#CCC(F)(F)F)c3c(=O)[nH]c(N)nc32)OC1CO. The summed E-state index contributed by atoms with van der Waals surface area (Å²) in [5.74, 6) is 4.24. The number of aliphatic hydroxyl groups is 1. The van der Waals surface area contributed by atoms with Gasteiger partial charge in [-0.1, -0.05) is 17.9 Å². The van der Waals surface area contributed by atoms with Crippen molar-refractivity contribution in [3.05, 3.63) is 34.8 Å². The molecule has 0 aliphatic carbocycles. The average molecular weight is 412 g/mol. The zero-order valence-corrected chi connectivity index (χ0v) is 15.2. The highest BCUT2D eigenvalue weighted by Gasteiger charge is 2.37. The number of fused-ring (bicyclic) bond motifs is 1. The van der Waals surface area contributed by atoms with Gasteiger partial charge < -0.3 is 24.9 Å². The third-order valence-corrected chi connectivity index (χ3v) is 4.31. The zero-order valence-electron chi connectivity index (χ0n) is 15.2. The maximum Gasteiger partial charge on any atom is 0.399 e. The number of nitrogens with two attached hydrogens (primary N) is 1. The highest BCUT2D eigenvalue weighted by molar-refractivity contribution is 5.83. The largest absolute Gasteiger partial charge is 0.399 e. The van der Waals surface area contributed by atoms with Crippen molar-refractivity contribution in [3.63, 3.8) is 0 Å². The summed E-state index contributed by atoms with van der Waals surface area (Å²) < 4.78 is 50.1. The lowest BCUT2D eigenvalue weighted by molar-refractivity contribution is -0.123. The Balaban J connectivity index is 2.02. The lowest BCUT2D eigenvalue weighted by atomic mass is 10.2. The monoisotopic (exact) mass is 412 g/mol. The van der Waals surface area contributed by atoms with Gasteiger partial charge >= 0.3 is 6.18 Å². The van der Waals surface area contributed by atoms with Gasteiger partial charge in [-0.3, -0.25) is 9.78 Å². The van der Waals surface area contributed by atoms with Crippen LogP contribution in [0.1, 0.15) is 24.6 Å². The van der Waals surface area contributed by atoms with Crippen molar-refractivity contribution >= 4 is 17.0 Å². The first-order valence-electron chi connectivity index (χ1n) is 8.68. The van der Waals surface area contributed by atoms with E-state index in [1.54, 1.807) is 6.08 Å². The lowest BCUT2D eigenvalue weighted by Crippen LogP contribution is -2.27. The summed E-state index contributed by atoms with van der Waals surface area (Å²) in [7, 11) is 0. The van der Waals surface area contributed by atoms with Crippen LogP contribution in [-0.2, 0) is 9.47 Å². The number of halogens is 3. The number of ether oxygens (including phenoxy) is 2. The average Bonchev–Trinajstić information content (AvgIpc) is 3.20. The van der Waals surface area contributed by atoms with Gasteiger partial charge in [0.05, 0.1) is 30.3 Å². The number of aromatic amines is 1. The molecule has 1 saturated heterocycles. The van der Waals surface area contributed by atoms with Crippen LogP contribution in [0, 0.1) is 11.8 Å². The van der Waals surface area contributed by atoms with Crippen molar-refractivity contribution in [2.45, 2.75) is 37.5 Å². The molecule has 2 aromatic rings. The van der Waals surface area contributed by atoms with Gasteiger partial charge in [-0.2, -0.15) is 18.2 Å². The number of anilines is 1. The molecular formula is C18H19F3N4O4. The third kappa shape index (κ3) is 4.61. The van der Waals surface area contributed by atoms with Gasteiger partial charge in [-0.05, 0) is 0 Å². The standard InChI is InChI=1S/C18H19F3N4O4/c1-2-6-28-11-7-13(29-12(11)9-26)25-8-10(4-3-5-18(19,20)21)14-15(25)23-17(22)24-16(14)27/h2,8,11-13,26H,1,5-7,9H2,(H3,22,23,24,27). The molecule has 1 aliphatic rings. The molecule has 3 atom stereocenters. The van der Waals surface area contributed by atoms with Gasteiger partial charge in [-0.15, -0.1) is 6.58 Å². The molecule has 11 heteroatoms. The zero-order chi connectivity index (χ0) is 21.2. The summed E-state index contributed by atoms with van der Waals surface area (Å²) >= 11 is 0. The maximum absolute atomic E-state index is 12.4. The number of rotatable bonds is 5. The molecule has 3 rings (SSSR count). The Labute approximate surface area is 163 Å². The number of H-pyrrole nitrogens is 1. The number of alkyl halides is 3. The van der Waals surface area contributed by atoms with Crippen molar-refractivity contribution < 1.29 is 27.8 Å². The molecule has 2 aromatic heterocycles. The minimum atomic E-state index is -4.45. The Kier molecular flexibility index (Phi) is 5.97. The van der Waals surface area contributed by atoms with Crippen LogP contribution in [0.3, 0.4) is 0 Å². The Morgan fingerprint density at radius 3 is 2.97 bits per heavy atom. The van der Waals surface area contributed by atoms with Crippen molar-refractivity contribution in [2.24, 2.45) is 0 Å². The molecule has 3 unspecified atom stereocenters. The van der Waals surface area contributed by atoms with E-state index in [0.717, 1.165) is 0 Å². The highest BCUT2D eigenvalue weighted by atomic mass is 19.4. The van der Waals surface area contributed by atoms with E-state index in [1.807, 2.05) is 5.92 Å². The molecule has 0 bridgehead atoms. The number of hydrogen-bond acceptors (Lipinski definition) is 6. The van der Waals surface area contributed by atoms with Crippen LogP contribution in [-0.4, -0.2) is 51.2 Å². The van der Waals surface area contributed by atoms with Crippen LogP contribution >= 0.6 is 0 Å². The number of hydrogen-bond donors (Lipinski definition) is 3. The van der Waals surface area contributed by atoms with E-state index < -0.39 is 36.6 Å². The molecule has 8 nitrogen and oxygen atoms in total. The van der Waals surface area contributed by atoms with Crippen LogP contribution < -0.4 is 11.3 Å². The van der Waals surface area contributed by atoms with Gasteiger partial charge in [0.1, 0.15) is 18.8 Å². The molecule has 0 saturated carbocycles. The Hall–Kier alpha value is -2.81. The fourth-order valence-electron chi connectivity index (χ4n) is 3.13. The molecule has 3 heterocycles. The third-order valence-electron chi connectivity index (χ3n) is 4.31. The summed E-state index contributed by atoms with van der Waals surface area (Å²) in [6.45, 7) is 3.52. The van der Waals surface area contributed by atoms with E-state index in [1.165, 1.54) is 10.8 Å². The Morgan fingerprint density at radius 2 is 2.31 bits per heavy atom. The van der Waals surface area contributed by atoms with Gasteiger partial charge in [0.15, 0.2) is 5.65 Å². The highest BCUT2D eigenvalue weighted by Crippen LogP contribution is 2.33. The second-order valence-electron chi connectivity index (χ2n) is 6.40. The number of nitrogen functional groups attached to an aromatic ring is 1. The molecule has 0 spiro atoms. The van der Waals surface area contributed by atoms with Gasteiger partial charge in [0.25, 0.3) is 5.56 Å². The van der Waals surface area contributed by atoms with Crippen LogP contribution in [0.5, 0.6) is 0 Å². The molecule has 156 valence electrons. The number of nitrogens with one attached hydrogen (secondary N) is 1. The molecule has 1 aliphatic heterocycles. The lowest BCUT2D eigenvalue weighted by Gasteiger charge is -2.15. The molecule has 4 N–H and O–H groups in total. The predicted octanol–water partition coefficient (Wildman–Crippen LogP) is 1.46. The summed E-state index contributed by atoms with van der Waals surface area (Å²) in [6, 6.07) is 0. The minimum absolute atomic E-state index is 0.00785. The topological polar surface area (TPSA) is 115 Å². The fourth-order valence-corrected chi connectivity index (χ4v) is 3.13. The molecule has 1 fully saturated rings. The number of nitrogens with zero attached hydrogens (tertiary/aromatic N) is 2. The number of aromatic nitrogens is 3. The molecular weight excluding hydrogens is 393 g/mol. The number of aliphatic hydroxyl groups excluding tert-OH is 1. The summed E-state index contributed by atoms with van der Waals surface area (Å²) in [5.41, 5.74) is 5.18. The molecule has 29 heavy (non-hydrogen) atoms. The first kappa shape index (κ1) is 20.9. The molecule has 0 radical (unpaired) electrons. The quantitative estimate of drug-likeness (QED) is 0.506. The van der Waals surface area contributed by atoms with Crippen LogP contribution in [0.2, 0.25) is 0 Å². The fraction of sp³-hybridized carbons (Fsp3) is 0.444. The predicted molar refractivity (Wildman–Crippen MR) is 97.9 cm³/mol. The Bertz CT molecular complexity index is 1020. The van der Waals surface area contributed by atoms with Crippen molar-refractivity contribution in [1.82, 2.24) is 14.5 Å². The Morgan fingerprint density at radius 1 is 1.55 bits per heavy atom. The van der Waals surface area contributed by atoms with Gasteiger partial charge in [0, 0.05) is 12.6 Å². The van der Waals surface area contributed by atoms with E-state index >= 15 is 0 Å². The summed E-state index contributed by atoms with van der Waals surface area (Å²) in [5, 5.41) is 9.55. The summed E-state index contributed by atoms with van der Waals surface area (Å²) in [4.78, 5) is 18.7. The maximum atomic E-state index is 12.4. The normalized spacial score (nSPS) is 21.9. The summed E-state index contributed by atoms with van der Waals surface area (Å²) in [6.07, 6.45) is -4.25. The van der Waals surface area contributed by atoms with E-state index in [0.29, 0.717) is 6.42 Å². The van der Waals surface area contributed by atoms with Crippen LogP contribution in [0.4, 0.5) is 19.1 Å². The molecule has 0 aromatic carbocycles. The molecule has 0 amide bonds. The van der Waals surface area contributed by atoms with E-state index in [-0.39, 0.29) is 35.8 Å². The van der Waals surface area contributed by atoms with E-state index in [9.17, 15) is 23.1 Å².